The van der Waals surface area contributed by atoms with Gasteiger partial charge in [0.15, 0.2) is 12.4 Å². The third kappa shape index (κ3) is 6.71. The van der Waals surface area contributed by atoms with Gasteiger partial charge in [0, 0.05) is 53.5 Å². The maximum atomic E-state index is 12.8. The van der Waals surface area contributed by atoms with Crippen molar-refractivity contribution in [2.24, 2.45) is 5.92 Å². The third-order valence-corrected chi connectivity index (χ3v) is 6.76. The van der Waals surface area contributed by atoms with Gasteiger partial charge in [-0.1, -0.05) is 38.1 Å². The Bertz CT molecular complexity index is 1520. The zero-order valence-corrected chi connectivity index (χ0v) is 23.8. The van der Waals surface area contributed by atoms with Gasteiger partial charge in [-0.2, -0.15) is 5.10 Å². The molecule has 2 amide bonds. The first kappa shape index (κ1) is 27.8. The summed E-state index contributed by atoms with van der Waals surface area (Å²) in [5, 5.41) is 13.2. The van der Waals surface area contributed by atoms with E-state index in [1.807, 2.05) is 81.3 Å². The van der Waals surface area contributed by atoms with Gasteiger partial charge in [-0.05, 0) is 43.7 Å². The van der Waals surface area contributed by atoms with Crippen LogP contribution in [0, 0.1) is 5.92 Å². The highest BCUT2D eigenvalue weighted by Crippen LogP contribution is 2.31. The first-order chi connectivity index (χ1) is 19.8. The van der Waals surface area contributed by atoms with Crippen molar-refractivity contribution in [3.8, 4) is 28.3 Å². The molecule has 0 fully saturated rings. The number of anilines is 2. The second-order valence-corrected chi connectivity index (χ2v) is 10.7. The number of ether oxygens (including phenoxy) is 1. The first-order valence-corrected chi connectivity index (χ1v) is 13.8. The van der Waals surface area contributed by atoms with Crippen LogP contribution in [0.3, 0.4) is 0 Å². The van der Waals surface area contributed by atoms with Crippen molar-refractivity contribution in [1.29, 1.82) is 0 Å². The molecule has 0 atom stereocenters. The van der Waals surface area contributed by atoms with Gasteiger partial charge >= 0.3 is 0 Å². The number of nitrogens with zero attached hydrogens (tertiary/aromatic N) is 4. The maximum Gasteiger partial charge on any atom is 0.258 e. The second-order valence-electron chi connectivity index (χ2n) is 10.7. The fraction of sp³-hybridized carbons (Fsp3) is 0.323. The van der Waals surface area contributed by atoms with E-state index in [-0.39, 0.29) is 30.4 Å². The number of hydrogen-bond acceptors (Lipinski definition) is 7. The number of carbonyl (C=O) groups excluding carboxylic acids is 2. The second kappa shape index (κ2) is 12.2. The van der Waals surface area contributed by atoms with E-state index in [0.29, 0.717) is 36.9 Å². The zero-order chi connectivity index (χ0) is 28.9. The maximum absolute atomic E-state index is 12.8. The molecule has 1 aliphatic heterocycles. The van der Waals surface area contributed by atoms with Crippen LogP contribution in [0.2, 0.25) is 0 Å². The Morgan fingerprint density at radius 3 is 2.54 bits per heavy atom. The molecule has 3 heterocycles. The van der Waals surface area contributed by atoms with Crippen molar-refractivity contribution in [3.05, 3.63) is 72.2 Å². The highest BCUT2D eigenvalue weighted by Gasteiger charge is 2.27. The van der Waals surface area contributed by atoms with Crippen LogP contribution in [0.25, 0.3) is 22.5 Å². The molecule has 0 aliphatic carbocycles. The van der Waals surface area contributed by atoms with Gasteiger partial charge in [-0.25, -0.2) is 9.97 Å². The van der Waals surface area contributed by atoms with Gasteiger partial charge in [-0.3, -0.25) is 14.7 Å². The summed E-state index contributed by atoms with van der Waals surface area (Å²) in [6.45, 7) is 8.61. The molecule has 41 heavy (non-hydrogen) atoms. The lowest BCUT2D eigenvalue weighted by Crippen LogP contribution is -2.39. The molecule has 2 aromatic carbocycles. The van der Waals surface area contributed by atoms with Crippen LogP contribution in [0.15, 0.2) is 60.9 Å². The van der Waals surface area contributed by atoms with Crippen molar-refractivity contribution < 1.29 is 14.3 Å². The summed E-state index contributed by atoms with van der Waals surface area (Å²) in [7, 11) is 0. The van der Waals surface area contributed by atoms with Gasteiger partial charge < -0.3 is 20.3 Å². The molecule has 0 radical (unpaired) electrons. The average Bonchev–Trinajstić information content (AvgIpc) is 3.51. The van der Waals surface area contributed by atoms with Crippen LogP contribution in [0.1, 0.15) is 39.0 Å². The quantitative estimate of drug-likeness (QED) is 0.274. The lowest BCUT2D eigenvalue weighted by molar-refractivity contribution is -0.135. The molecule has 0 spiro atoms. The summed E-state index contributed by atoms with van der Waals surface area (Å²) >= 11 is 0. The molecular weight excluding hydrogens is 518 g/mol. The van der Waals surface area contributed by atoms with Crippen LogP contribution in [-0.4, -0.2) is 56.1 Å². The highest BCUT2D eigenvalue weighted by molar-refractivity contribution is 5.79. The molecule has 3 N–H and O–H groups in total. The topological polar surface area (TPSA) is 125 Å². The summed E-state index contributed by atoms with van der Waals surface area (Å²) in [5.41, 5.74) is 5.50. The van der Waals surface area contributed by atoms with E-state index in [1.54, 1.807) is 12.3 Å². The molecule has 0 saturated carbocycles. The number of benzene rings is 2. The Labute approximate surface area is 239 Å². The largest absolute Gasteiger partial charge is 0.484 e. The van der Waals surface area contributed by atoms with Crippen molar-refractivity contribution in [1.82, 2.24) is 30.4 Å². The molecule has 4 aromatic rings. The Morgan fingerprint density at radius 1 is 1.02 bits per heavy atom. The van der Waals surface area contributed by atoms with Gasteiger partial charge in [-0.15, -0.1) is 0 Å². The van der Waals surface area contributed by atoms with Gasteiger partial charge in [0.05, 0.1) is 18.4 Å². The normalized spacial score (nSPS) is 12.8. The van der Waals surface area contributed by atoms with E-state index in [0.717, 1.165) is 33.6 Å². The molecule has 2 aromatic heterocycles. The smallest absolute Gasteiger partial charge is 0.258 e. The standard InChI is InChI=1S/C31H35N7O3/c1-19(2)31(40)38-13-12-27-26(17-38)30(35-24-10-8-21(9-11-24)23-15-32-33-16-23)37-29(36-27)22-6-5-7-25(14-22)41-18-28(39)34-20(3)4/h5-11,14-16,19-20H,12-13,17-18H2,1-4H3,(H,32,33)(H,34,39)(H,35,36,37). The predicted molar refractivity (Wildman–Crippen MR) is 158 cm³/mol. The first-order valence-electron chi connectivity index (χ1n) is 13.8. The van der Waals surface area contributed by atoms with Crippen LogP contribution >= 0.6 is 0 Å². The Balaban J connectivity index is 1.45. The van der Waals surface area contributed by atoms with E-state index in [2.05, 4.69) is 20.8 Å². The Kier molecular flexibility index (Phi) is 8.28. The van der Waals surface area contributed by atoms with Crippen molar-refractivity contribution in [3.63, 3.8) is 0 Å². The number of hydrogen-bond donors (Lipinski definition) is 3. The Morgan fingerprint density at radius 2 is 1.83 bits per heavy atom. The monoisotopic (exact) mass is 553 g/mol. The van der Waals surface area contributed by atoms with Crippen LogP contribution in [0.5, 0.6) is 5.75 Å². The van der Waals surface area contributed by atoms with Crippen LogP contribution < -0.4 is 15.4 Å². The van der Waals surface area contributed by atoms with Gasteiger partial charge in [0.25, 0.3) is 5.91 Å². The minimum Gasteiger partial charge on any atom is -0.484 e. The number of aromatic amines is 1. The zero-order valence-electron chi connectivity index (χ0n) is 23.8. The van der Waals surface area contributed by atoms with Crippen LogP contribution in [-0.2, 0) is 22.6 Å². The van der Waals surface area contributed by atoms with Gasteiger partial charge in [0.2, 0.25) is 5.91 Å². The van der Waals surface area contributed by atoms with E-state index in [1.165, 1.54) is 0 Å². The summed E-state index contributed by atoms with van der Waals surface area (Å²) in [6, 6.07) is 15.5. The lowest BCUT2D eigenvalue weighted by Gasteiger charge is -2.31. The molecule has 0 bridgehead atoms. The van der Waals surface area contributed by atoms with E-state index in [4.69, 9.17) is 14.7 Å². The Hall–Kier alpha value is -4.73. The minimum atomic E-state index is -0.179. The molecule has 5 rings (SSSR count). The number of amides is 2. The van der Waals surface area contributed by atoms with Crippen molar-refractivity contribution in [2.45, 2.75) is 46.7 Å². The van der Waals surface area contributed by atoms with Crippen LogP contribution in [0.4, 0.5) is 11.5 Å². The predicted octanol–water partition coefficient (Wildman–Crippen LogP) is 4.72. The molecule has 1 aliphatic rings. The summed E-state index contributed by atoms with van der Waals surface area (Å²) in [5.74, 6) is 1.60. The number of carbonyl (C=O) groups is 2. The SMILES string of the molecule is CC(C)NC(=O)COc1cccc(-c2nc3c(c(Nc4ccc(-c5cn[nH]c5)cc4)n2)CN(C(=O)C(C)C)CC3)c1. The number of H-pyrrole nitrogens is 1. The number of nitrogens with one attached hydrogen (secondary N) is 3. The minimum absolute atomic E-state index is 0.0425. The molecular formula is C31H35N7O3. The molecule has 0 saturated heterocycles. The summed E-state index contributed by atoms with van der Waals surface area (Å²) in [6.07, 6.45) is 4.26. The molecule has 10 heteroatoms. The molecule has 0 unspecified atom stereocenters. The number of rotatable bonds is 9. The highest BCUT2D eigenvalue weighted by atomic mass is 16.5. The average molecular weight is 554 g/mol. The summed E-state index contributed by atoms with van der Waals surface area (Å²) < 4.78 is 5.74. The third-order valence-electron chi connectivity index (χ3n) is 6.76. The van der Waals surface area contributed by atoms with Crippen molar-refractivity contribution >= 4 is 23.3 Å². The van der Waals surface area contributed by atoms with Gasteiger partial charge in [0.1, 0.15) is 11.6 Å². The molecule has 212 valence electrons. The number of aromatic nitrogens is 4. The van der Waals surface area contributed by atoms with E-state index < -0.39 is 0 Å². The lowest BCUT2D eigenvalue weighted by atomic mass is 10.0. The fourth-order valence-electron chi connectivity index (χ4n) is 4.73. The van der Waals surface area contributed by atoms with E-state index in [9.17, 15) is 9.59 Å². The fourth-order valence-corrected chi connectivity index (χ4v) is 4.73. The van der Waals surface area contributed by atoms with Crippen molar-refractivity contribution in [2.75, 3.05) is 18.5 Å². The molecule has 10 nitrogen and oxygen atoms in total. The number of fused-ring (bicyclic) bond motifs is 1. The van der Waals surface area contributed by atoms with E-state index >= 15 is 0 Å². The summed E-state index contributed by atoms with van der Waals surface area (Å²) in [4.78, 5) is 36.6.